The number of hydrogen-bond acceptors (Lipinski definition) is 4. The van der Waals surface area contributed by atoms with Crippen LogP contribution < -0.4 is 4.90 Å². The van der Waals surface area contributed by atoms with Crippen molar-refractivity contribution in [1.29, 1.82) is 0 Å². The Morgan fingerprint density at radius 2 is 2.15 bits per heavy atom. The summed E-state index contributed by atoms with van der Waals surface area (Å²) < 4.78 is 7.98. The first-order valence-electron chi connectivity index (χ1n) is 6.88. The standard InChI is InChI=1S/C15H16N4O/c1-11-16-6-7-18(11)8-12-9-19(10-12)15-17-13-4-2-3-5-14(13)20-15/h2-7,12H,8-10H2,1H3. The molecule has 1 fully saturated rings. The van der Waals surface area contributed by atoms with Crippen LogP contribution in [0.25, 0.3) is 11.1 Å². The molecule has 2 aromatic heterocycles. The van der Waals surface area contributed by atoms with Gasteiger partial charge in [-0.25, -0.2) is 4.98 Å². The van der Waals surface area contributed by atoms with Gasteiger partial charge in [-0.2, -0.15) is 4.98 Å². The largest absolute Gasteiger partial charge is 0.423 e. The summed E-state index contributed by atoms with van der Waals surface area (Å²) in [4.78, 5) is 11.0. The maximum Gasteiger partial charge on any atom is 0.298 e. The molecule has 0 aliphatic carbocycles. The molecule has 102 valence electrons. The van der Waals surface area contributed by atoms with Crippen LogP contribution >= 0.6 is 0 Å². The number of benzene rings is 1. The quantitative estimate of drug-likeness (QED) is 0.732. The minimum Gasteiger partial charge on any atom is -0.423 e. The minimum atomic E-state index is 0.637. The molecule has 1 aliphatic heterocycles. The molecule has 0 amide bonds. The third-order valence-electron chi connectivity index (χ3n) is 3.89. The molecule has 1 aliphatic rings. The predicted molar refractivity (Wildman–Crippen MR) is 76.7 cm³/mol. The zero-order chi connectivity index (χ0) is 13.5. The van der Waals surface area contributed by atoms with Gasteiger partial charge >= 0.3 is 0 Å². The van der Waals surface area contributed by atoms with Crippen molar-refractivity contribution in [1.82, 2.24) is 14.5 Å². The molecule has 0 saturated carbocycles. The van der Waals surface area contributed by atoms with E-state index in [4.69, 9.17) is 4.42 Å². The van der Waals surface area contributed by atoms with Gasteiger partial charge in [-0.05, 0) is 19.1 Å². The molecule has 1 saturated heterocycles. The summed E-state index contributed by atoms with van der Waals surface area (Å²) in [6.45, 7) is 5.04. The van der Waals surface area contributed by atoms with E-state index in [1.807, 2.05) is 43.6 Å². The van der Waals surface area contributed by atoms with Crippen LogP contribution in [-0.2, 0) is 6.54 Å². The van der Waals surface area contributed by atoms with Gasteiger partial charge in [0.25, 0.3) is 6.01 Å². The Labute approximate surface area is 116 Å². The third-order valence-corrected chi connectivity index (χ3v) is 3.89. The first kappa shape index (κ1) is 11.5. The number of fused-ring (bicyclic) bond motifs is 1. The summed E-state index contributed by atoms with van der Waals surface area (Å²) in [6.07, 6.45) is 3.89. The fourth-order valence-electron chi connectivity index (χ4n) is 2.71. The van der Waals surface area contributed by atoms with Crippen LogP contribution in [-0.4, -0.2) is 27.6 Å². The van der Waals surface area contributed by atoms with E-state index in [2.05, 4.69) is 19.4 Å². The van der Waals surface area contributed by atoms with Gasteiger partial charge in [-0.3, -0.25) is 0 Å². The van der Waals surface area contributed by atoms with Crippen LogP contribution in [0.2, 0.25) is 0 Å². The van der Waals surface area contributed by atoms with Crippen molar-refractivity contribution < 1.29 is 4.42 Å². The van der Waals surface area contributed by atoms with Gasteiger partial charge in [-0.15, -0.1) is 0 Å². The lowest BCUT2D eigenvalue weighted by molar-refractivity contribution is 0.335. The summed E-state index contributed by atoms with van der Waals surface area (Å²) >= 11 is 0. The highest BCUT2D eigenvalue weighted by molar-refractivity contribution is 5.74. The van der Waals surface area contributed by atoms with Crippen molar-refractivity contribution >= 4 is 17.1 Å². The summed E-state index contributed by atoms with van der Waals surface area (Å²) in [6, 6.07) is 8.63. The average Bonchev–Trinajstić information content (AvgIpc) is 2.99. The number of nitrogens with zero attached hydrogens (tertiary/aromatic N) is 4. The zero-order valence-electron chi connectivity index (χ0n) is 11.4. The highest BCUT2D eigenvalue weighted by atomic mass is 16.4. The first-order valence-corrected chi connectivity index (χ1v) is 6.88. The Balaban J connectivity index is 1.44. The van der Waals surface area contributed by atoms with Crippen LogP contribution in [0, 0.1) is 12.8 Å². The molecular formula is C15H16N4O. The monoisotopic (exact) mass is 268 g/mol. The molecule has 0 unspecified atom stereocenters. The zero-order valence-corrected chi connectivity index (χ0v) is 11.4. The Hall–Kier alpha value is -2.30. The molecule has 0 radical (unpaired) electrons. The molecule has 4 rings (SSSR count). The van der Waals surface area contributed by atoms with Crippen molar-refractivity contribution in [2.75, 3.05) is 18.0 Å². The smallest absolute Gasteiger partial charge is 0.298 e. The second-order valence-corrected chi connectivity index (χ2v) is 5.36. The van der Waals surface area contributed by atoms with Gasteiger partial charge in [0.2, 0.25) is 0 Å². The Bertz CT molecular complexity index is 706. The molecule has 1 aromatic carbocycles. The van der Waals surface area contributed by atoms with E-state index in [-0.39, 0.29) is 0 Å². The summed E-state index contributed by atoms with van der Waals surface area (Å²) in [5.74, 6) is 1.71. The molecule has 0 spiro atoms. The maximum atomic E-state index is 5.77. The summed E-state index contributed by atoms with van der Waals surface area (Å²) in [5.41, 5.74) is 1.79. The Morgan fingerprint density at radius 3 is 2.90 bits per heavy atom. The first-order chi connectivity index (χ1) is 9.79. The van der Waals surface area contributed by atoms with Crippen LogP contribution in [0.3, 0.4) is 0 Å². The van der Waals surface area contributed by atoms with Crippen LogP contribution in [0.5, 0.6) is 0 Å². The van der Waals surface area contributed by atoms with Crippen molar-refractivity contribution in [3.63, 3.8) is 0 Å². The second kappa shape index (κ2) is 4.37. The number of oxazole rings is 1. The van der Waals surface area contributed by atoms with Crippen molar-refractivity contribution in [2.45, 2.75) is 13.5 Å². The van der Waals surface area contributed by atoms with Crippen LogP contribution in [0.15, 0.2) is 41.1 Å². The van der Waals surface area contributed by atoms with Gasteiger partial charge in [-0.1, -0.05) is 12.1 Å². The van der Waals surface area contributed by atoms with E-state index in [9.17, 15) is 0 Å². The van der Waals surface area contributed by atoms with Crippen LogP contribution in [0.1, 0.15) is 5.82 Å². The number of imidazole rings is 1. The van der Waals surface area contributed by atoms with Crippen LogP contribution in [0.4, 0.5) is 6.01 Å². The molecule has 3 aromatic rings. The summed E-state index contributed by atoms with van der Waals surface area (Å²) in [5, 5.41) is 0. The van der Waals surface area contributed by atoms with E-state index < -0.39 is 0 Å². The SMILES string of the molecule is Cc1nccn1CC1CN(c2nc3ccccc3o2)C1. The highest BCUT2D eigenvalue weighted by Gasteiger charge is 2.30. The summed E-state index contributed by atoms with van der Waals surface area (Å²) in [7, 11) is 0. The lowest BCUT2D eigenvalue weighted by atomic mass is 10.0. The van der Waals surface area contributed by atoms with Gasteiger partial charge in [0.1, 0.15) is 11.3 Å². The fourth-order valence-corrected chi connectivity index (χ4v) is 2.71. The average molecular weight is 268 g/mol. The van der Waals surface area contributed by atoms with Crippen molar-refractivity contribution in [3.05, 3.63) is 42.5 Å². The van der Waals surface area contributed by atoms with E-state index >= 15 is 0 Å². The lowest BCUT2D eigenvalue weighted by Crippen LogP contribution is -2.48. The highest BCUT2D eigenvalue weighted by Crippen LogP contribution is 2.28. The van der Waals surface area contributed by atoms with Gasteiger partial charge in [0.15, 0.2) is 5.58 Å². The Kier molecular flexibility index (Phi) is 2.52. The van der Waals surface area contributed by atoms with Gasteiger partial charge in [0, 0.05) is 37.9 Å². The second-order valence-electron chi connectivity index (χ2n) is 5.36. The van der Waals surface area contributed by atoms with Gasteiger partial charge in [0.05, 0.1) is 0 Å². The van der Waals surface area contributed by atoms with Crippen molar-refractivity contribution in [3.8, 4) is 0 Å². The van der Waals surface area contributed by atoms with Crippen molar-refractivity contribution in [2.24, 2.45) is 5.92 Å². The fraction of sp³-hybridized carbons (Fsp3) is 0.333. The number of anilines is 1. The number of rotatable bonds is 3. The number of hydrogen-bond donors (Lipinski definition) is 0. The van der Waals surface area contributed by atoms with E-state index in [0.717, 1.165) is 42.6 Å². The maximum absolute atomic E-state index is 5.77. The Morgan fingerprint density at radius 1 is 1.30 bits per heavy atom. The predicted octanol–water partition coefficient (Wildman–Crippen LogP) is 2.47. The normalized spacial score (nSPS) is 15.8. The molecule has 3 heterocycles. The number of aromatic nitrogens is 3. The van der Waals surface area contributed by atoms with E-state index in [1.165, 1.54) is 0 Å². The third kappa shape index (κ3) is 1.86. The molecule has 0 atom stereocenters. The molecule has 0 N–H and O–H groups in total. The number of aryl methyl sites for hydroxylation is 1. The van der Waals surface area contributed by atoms with E-state index in [1.54, 1.807) is 0 Å². The number of para-hydroxylation sites is 2. The molecule has 5 heteroatoms. The van der Waals surface area contributed by atoms with E-state index in [0.29, 0.717) is 5.92 Å². The topological polar surface area (TPSA) is 47.1 Å². The molecule has 20 heavy (non-hydrogen) atoms. The minimum absolute atomic E-state index is 0.637. The molecular weight excluding hydrogens is 252 g/mol. The molecule has 0 bridgehead atoms. The molecule has 5 nitrogen and oxygen atoms in total. The van der Waals surface area contributed by atoms with Gasteiger partial charge < -0.3 is 13.9 Å². The lowest BCUT2D eigenvalue weighted by Gasteiger charge is -2.38.